The highest BCUT2D eigenvalue weighted by molar-refractivity contribution is 6.22. The molecule has 4 rings (SSSR count). The van der Waals surface area contributed by atoms with Gasteiger partial charge in [0.05, 0.1) is 12.7 Å². The highest BCUT2D eigenvalue weighted by atomic mass is 16.5. The quantitative estimate of drug-likeness (QED) is 0.667. The molecule has 3 aromatic rings. The number of carbonyl (C=O) groups is 1. The van der Waals surface area contributed by atoms with Crippen molar-refractivity contribution in [3.05, 3.63) is 96.2 Å². The topological polar surface area (TPSA) is 50.8 Å². The molecule has 0 saturated carbocycles. The van der Waals surface area contributed by atoms with Gasteiger partial charge in [-0.05, 0) is 48.9 Å². The maximum Gasteiger partial charge on any atom is 0.265 e. The molecule has 5 nitrogen and oxygen atoms in total. The summed E-state index contributed by atoms with van der Waals surface area (Å²) in [7, 11) is 1.62. The van der Waals surface area contributed by atoms with Crippen molar-refractivity contribution < 1.29 is 14.3 Å². The molecule has 0 fully saturated rings. The summed E-state index contributed by atoms with van der Waals surface area (Å²) in [6.45, 7) is 3.80. The number of anilines is 1. The van der Waals surface area contributed by atoms with Gasteiger partial charge in [0.25, 0.3) is 11.8 Å². The lowest BCUT2D eigenvalue weighted by atomic mass is 9.99. The molecular formula is C25H24N2O3. The molecule has 1 atom stereocenters. The Morgan fingerprint density at radius 1 is 0.833 bits per heavy atom. The Morgan fingerprint density at radius 2 is 1.40 bits per heavy atom. The van der Waals surface area contributed by atoms with Crippen molar-refractivity contribution in [1.82, 2.24) is 5.32 Å². The molecule has 1 heterocycles. The van der Waals surface area contributed by atoms with Gasteiger partial charge < -0.3 is 9.47 Å². The summed E-state index contributed by atoms with van der Waals surface area (Å²) in [6, 6.07) is 26.9. The Bertz CT molecular complexity index is 1060. The molecule has 0 saturated heterocycles. The molecule has 3 aromatic carbocycles. The maximum atomic E-state index is 13.2. The van der Waals surface area contributed by atoms with E-state index in [2.05, 4.69) is 5.32 Å². The van der Waals surface area contributed by atoms with E-state index in [1.165, 1.54) is 0 Å². The van der Waals surface area contributed by atoms with Crippen molar-refractivity contribution in [2.75, 3.05) is 12.0 Å². The lowest BCUT2D eigenvalue weighted by Gasteiger charge is -2.46. The van der Waals surface area contributed by atoms with E-state index in [-0.39, 0.29) is 5.91 Å². The fourth-order valence-corrected chi connectivity index (χ4v) is 3.83. The molecule has 0 aromatic heterocycles. The number of hydrogen-bond acceptors (Lipinski definition) is 4. The number of ether oxygens (including phenoxy) is 2. The highest BCUT2D eigenvalue weighted by Crippen LogP contribution is 2.37. The van der Waals surface area contributed by atoms with Gasteiger partial charge >= 0.3 is 0 Å². The highest BCUT2D eigenvalue weighted by Gasteiger charge is 2.43. The van der Waals surface area contributed by atoms with Crippen LogP contribution in [0.4, 0.5) is 5.69 Å². The third-order valence-electron chi connectivity index (χ3n) is 5.15. The number of methoxy groups -OCH3 is 1. The van der Waals surface area contributed by atoms with Gasteiger partial charge in [-0.2, -0.15) is 0 Å². The van der Waals surface area contributed by atoms with Crippen molar-refractivity contribution >= 4 is 17.2 Å². The van der Waals surface area contributed by atoms with Gasteiger partial charge in [0, 0.05) is 18.3 Å². The average molecular weight is 400 g/mol. The summed E-state index contributed by atoms with van der Waals surface area (Å²) < 4.78 is 11.6. The maximum absolute atomic E-state index is 13.2. The Kier molecular flexibility index (Phi) is 5.19. The number of allylic oxidation sites excluding steroid dienone is 1. The second-order valence-corrected chi connectivity index (χ2v) is 7.21. The van der Waals surface area contributed by atoms with Crippen molar-refractivity contribution in [3.63, 3.8) is 0 Å². The molecule has 1 aliphatic rings. The van der Waals surface area contributed by atoms with E-state index in [0.717, 1.165) is 22.7 Å². The average Bonchev–Trinajstić information content (AvgIpc) is 2.75. The van der Waals surface area contributed by atoms with Gasteiger partial charge in [-0.15, -0.1) is 0 Å². The molecule has 0 radical (unpaired) electrons. The molecule has 1 aliphatic heterocycles. The minimum absolute atomic E-state index is 0.179. The van der Waals surface area contributed by atoms with E-state index in [1.54, 1.807) is 7.11 Å². The van der Waals surface area contributed by atoms with Gasteiger partial charge in [-0.1, -0.05) is 48.5 Å². The normalized spacial score (nSPS) is 18.8. The van der Waals surface area contributed by atoms with Crippen molar-refractivity contribution in [2.24, 2.45) is 0 Å². The van der Waals surface area contributed by atoms with Gasteiger partial charge in [0.1, 0.15) is 11.5 Å². The second kappa shape index (κ2) is 7.95. The zero-order chi connectivity index (χ0) is 21.1. The predicted molar refractivity (Wildman–Crippen MR) is 118 cm³/mol. The minimum Gasteiger partial charge on any atom is -0.497 e. The number of nitrogens with zero attached hydrogens (tertiary/aromatic N) is 1. The first-order chi connectivity index (χ1) is 14.5. The van der Waals surface area contributed by atoms with E-state index in [0.29, 0.717) is 11.3 Å². The molecule has 1 unspecified atom stereocenters. The van der Waals surface area contributed by atoms with Crippen LogP contribution in [0.3, 0.4) is 0 Å². The summed E-state index contributed by atoms with van der Waals surface area (Å²) in [5.41, 5.74) is 3.21. The fourth-order valence-electron chi connectivity index (χ4n) is 3.83. The van der Waals surface area contributed by atoms with Gasteiger partial charge in [-0.25, -0.2) is 0 Å². The van der Waals surface area contributed by atoms with E-state index >= 15 is 0 Å². The lowest BCUT2D eigenvalue weighted by Crippen LogP contribution is -2.65. The van der Waals surface area contributed by atoms with Gasteiger partial charge in [0.15, 0.2) is 0 Å². The van der Waals surface area contributed by atoms with Crippen molar-refractivity contribution in [1.29, 1.82) is 0 Å². The van der Waals surface area contributed by atoms with E-state index in [1.807, 2.05) is 104 Å². The van der Waals surface area contributed by atoms with Crippen LogP contribution in [0, 0.1) is 0 Å². The fraction of sp³-hybridized carbons (Fsp3) is 0.160. The first-order valence-electron chi connectivity index (χ1n) is 9.79. The van der Waals surface area contributed by atoms with Crippen LogP contribution in [0.25, 0.3) is 5.57 Å². The van der Waals surface area contributed by atoms with E-state index < -0.39 is 5.85 Å². The summed E-state index contributed by atoms with van der Waals surface area (Å²) in [6.07, 6.45) is 0. The molecular weight excluding hydrogens is 376 g/mol. The molecule has 0 spiro atoms. The molecule has 5 heteroatoms. The summed E-state index contributed by atoms with van der Waals surface area (Å²) in [4.78, 5) is 15.2. The summed E-state index contributed by atoms with van der Waals surface area (Å²) >= 11 is 0. The number of amides is 1. The zero-order valence-electron chi connectivity index (χ0n) is 17.3. The molecule has 152 valence electrons. The van der Waals surface area contributed by atoms with Crippen molar-refractivity contribution in [2.45, 2.75) is 19.7 Å². The van der Waals surface area contributed by atoms with Crippen LogP contribution in [0.5, 0.6) is 11.5 Å². The van der Waals surface area contributed by atoms with Gasteiger partial charge in [-0.3, -0.25) is 15.0 Å². The predicted octanol–water partition coefficient (Wildman–Crippen LogP) is 4.82. The summed E-state index contributed by atoms with van der Waals surface area (Å²) in [5.74, 6) is 0.0648. The van der Waals surface area contributed by atoms with Crippen LogP contribution in [0.2, 0.25) is 0 Å². The Labute approximate surface area is 176 Å². The third kappa shape index (κ3) is 3.62. The molecule has 1 amide bonds. The van der Waals surface area contributed by atoms with Crippen LogP contribution in [0.15, 0.2) is 90.6 Å². The number of rotatable bonds is 5. The van der Waals surface area contributed by atoms with Crippen LogP contribution in [-0.4, -0.2) is 18.9 Å². The van der Waals surface area contributed by atoms with Crippen LogP contribution in [-0.2, 0) is 4.79 Å². The standard InChI is InChI=1S/C25H24N2O3/c1-18-23(19-10-6-4-7-11-19)24(28)26-25(2,27(18)20-12-8-5-9-13-20)30-22-16-14-21(29-3)15-17-22/h4-17H,1-3H3,(H,26,28). The van der Waals surface area contributed by atoms with E-state index in [4.69, 9.17) is 9.47 Å². The Morgan fingerprint density at radius 3 is 2.00 bits per heavy atom. The van der Waals surface area contributed by atoms with Gasteiger partial charge in [0.2, 0.25) is 0 Å². The smallest absolute Gasteiger partial charge is 0.265 e. The third-order valence-corrected chi connectivity index (χ3v) is 5.15. The zero-order valence-corrected chi connectivity index (χ0v) is 17.3. The number of nitrogens with one attached hydrogen (secondary N) is 1. The first-order valence-corrected chi connectivity index (χ1v) is 9.79. The Balaban J connectivity index is 1.81. The van der Waals surface area contributed by atoms with E-state index in [9.17, 15) is 4.79 Å². The molecule has 0 aliphatic carbocycles. The van der Waals surface area contributed by atoms with Crippen LogP contribution < -0.4 is 19.7 Å². The molecule has 0 bridgehead atoms. The number of benzene rings is 3. The first kappa shape index (κ1) is 19.6. The SMILES string of the molecule is COc1ccc(OC2(C)NC(=O)C(c3ccccc3)=C(C)N2c2ccccc2)cc1. The largest absolute Gasteiger partial charge is 0.497 e. The minimum atomic E-state index is -1.12. The number of para-hydroxylation sites is 1. The van der Waals surface area contributed by atoms with Crippen LogP contribution >= 0.6 is 0 Å². The Hall–Kier alpha value is -3.73. The number of carbonyl (C=O) groups excluding carboxylic acids is 1. The van der Waals surface area contributed by atoms with Crippen molar-refractivity contribution in [3.8, 4) is 11.5 Å². The molecule has 1 N–H and O–H groups in total. The second-order valence-electron chi connectivity index (χ2n) is 7.21. The summed E-state index contributed by atoms with van der Waals surface area (Å²) in [5, 5.41) is 3.07. The molecule has 30 heavy (non-hydrogen) atoms. The lowest BCUT2D eigenvalue weighted by molar-refractivity contribution is -0.121. The number of hydrogen-bond donors (Lipinski definition) is 1. The monoisotopic (exact) mass is 400 g/mol. The van der Waals surface area contributed by atoms with Crippen LogP contribution in [0.1, 0.15) is 19.4 Å².